The number of carbonyl (C=O) groups is 2. The first-order valence-corrected chi connectivity index (χ1v) is 6.44. The molecule has 0 spiro atoms. The van der Waals surface area contributed by atoms with Crippen LogP contribution in [0.25, 0.3) is 0 Å². The average molecular weight is 272 g/mol. The minimum atomic E-state index is -0.911. The summed E-state index contributed by atoms with van der Waals surface area (Å²) in [4.78, 5) is 23.9. The van der Waals surface area contributed by atoms with Gasteiger partial charge in [-0.1, -0.05) is 6.08 Å². The van der Waals surface area contributed by atoms with Gasteiger partial charge in [0, 0.05) is 19.1 Å². The van der Waals surface area contributed by atoms with E-state index in [0.717, 1.165) is 6.42 Å². The molecule has 6 heteroatoms. The first kappa shape index (κ1) is 17.4. The van der Waals surface area contributed by atoms with Gasteiger partial charge >= 0.3 is 12.0 Å². The summed E-state index contributed by atoms with van der Waals surface area (Å²) in [5.41, 5.74) is 0. The Hall–Kier alpha value is -1.56. The minimum Gasteiger partial charge on any atom is -0.481 e. The lowest BCUT2D eigenvalue weighted by Crippen LogP contribution is -2.45. The number of nitrogens with zero attached hydrogens (tertiary/aromatic N) is 1. The van der Waals surface area contributed by atoms with Crippen LogP contribution >= 0.6 is 0 Å². The van der Waals surface area contributed by atoms with Gasteiger partial charge in [-0.25, -0.2) is 4.79 Å². The fraction of sp³-hybridized carbons (Fsp3) is 0.692. The van der Waals surface area contributed by atoms with Gasteiger partial charge in [-0.2, -0.15) is 0 Å². The number of hydrogen-bond donors (Lipinski definition) is 2. The van der Waals surface area contributed by atoms with Crippen molar-refractivity contribution in [1.82, 2.24) is 10.2 Å². The van der Waals surface area contributed by atoms with Gasteiger partial charge in [-0.05, 0) is 20.3 Å². The van der Waals surface area contributed by atoms with Crippen molar-refractivity contribution in [2.24, 2.45) is 0 Å². The largest absolute Gasteiger partial charge is 0.481 e. The summed E-state index contributed by atoms with van der Waals surface area (Å²) in [6.07, 6.45) is 2.50. The average Bonchev–Trinajstić information content (AvgIpc) is 2.33. The van der Waals surface area contributed by atoms with Crippen molar-refractivity contribution in [3.63, 3.8) is 0 Å². The molecule has 0 aromatic carbocycles. The van der Waals surface area contributed by atoms with Gasteiger partial charge in [0.2, 0.25) is 0 Å². The van der Waals surface area contributed by atoms with E-state index in [4.69, 9.17) is 9.84 Å². The van der Waals surface area contributed by atoms with Gasteiger partial charge in [0.1, 0.15) is 0 Å². The second-order valence-corrected chi connectivity index (χ2v) is 4.35. The highest BCUT2D eigenvalue weighted by Crippen LogP contribution is 2.00. The third kappa shape index (κ3) is 9.07. The third-order valence-corrected chi connectivity index (χ3v) is 2.44. The predicted octanol–water partition coefficient (Wildman–Crippen LogP) is 1.47. The number of carbonyl (C=O) groups excluding carboxylic acids is 1. The molecule has 0 bridgehead atoms. The molecule has 2 N–H and O–H groups in total. The number of ether oxygens (including phenoxy) is 1. The molecule has 0 saturated heterocycles. The molecule has 2 amide bonds. The zero-order valence-corrected chi connectivity index (χ0v) is 11.7. The van der Waals surface area contributed by atoms with Crippen LogP contribution in [0.5, 0.6) is 0 Å². The van der Waals surface area contributed by atoms with Crippen molar-refractivity contribution in [3.8, 4) is 0 Å². The zero-order chi connectivity index (χ0) is 14.7. The second kappa shape index (κ2) is 10.4. The third-order valence-electron chi connectivity index (χ3n) is 2.44. The van der Waals surface area contributed by atoms with E-state index in [0.29, 0.717) is 19.8 Å². The van der Waals surface area contributed by atoms with E-state index < -0.39 is 5.97 Å². The summed E-state index contributed by atoms with van der Waals surface area (Å²) in [6, 6.07) is -0.301. The van der Waals surface area contributed by atoms with E-state index in [9.17, 15) is 9.59 Å². The fourth-order valence-corrected chi connectivity index (χ4v) is 1.41. The molecule has 0 unspecified atom stereocenters. The van der Waals surface area contributed by atoms with Gasteiger partial charge in [-0.15, -0.1) is 6.58 Å². The molecule has 0 fully saturated rings. The molecule has 0 saturated carbocycles. The van der Waals surface area contributed by atoms with Crippen LogP contribution in [0.2, 0.25) is 0 Å². The lowest BCUT2D eigenvalue weighted by Gasteiger charge is -2.26. The maximum Gasteiger partial charge on any atom is 0.317 e. The van der Waals surface area contributed by atoms with Crippen LogP contribution in [0.3, 0.4) is 0 Å². The lowest BCUT2D eigenvalue weighted by molar-refractivity contribution is -0.137. The normalized spacial score (nSPS) is 10.3. The van der Waals surface area contributed by atoms with Gasteiger partial charge in [0.25, 0.3) is 0 Å². The highest BCUT2D eigenvalue weighted by atomic mass is 16.5. The molecular weight excluding hydrogens is 248 g/mol. The molecule has 0 aliphatic carbocycles. The van der Waals surface area contributed by atoms with Crippen LogP contribution in [0.15, 0.2) is 12.7 Å². The molecule has 0 aromatic heterocycles. The molecule has 0 radical (unpaired) electrons. The summed E-state index contributed by atoms with van der Waals surface area (Å²) in [7, 11) is 0. The summed E-state index contributed by atoms with van der Waals surface area (Å²) in [6.45, 7) is 8.92. The molecular formula is C13H24N2O4. The van der Waals surface area contributed by atoms with Crippen LogP contribution in [-0.2, 0) is 9.53 Å². The van der Waals surface area contributed by atoms with E-state index in [1.807, 2.05) is 13.8 Å². The summed E-state index contributed by atoms with van der Waals surface area (Å²) >= 11 is 0. The zero-order valence-electron chi connectivity index (χ0n) is 11.7. The number of hydrogen-bond acceptors (Lipinski definition) is 3. The van der Waals surface area contributed by atoms with Crippen LogP contribution in [0.1, 0.15) is 26.7 Å². The smallest absolute Gasteiger partial charge is 0.317 e. The number of amides is 2. The first-order chi connectivity index (χ1) is 8.99. The molecule has 19 heavy (non-hydrogen) atoms. The van der Waals surface area contributed by atoms with Gasteiger partial charge in [-0.3, -0.25) is 4.79 Å². The SMILES string of the molecule is C=CCCOCCNC(=O)N(CCC(=O)O)C(C)C. The predicted molar refractivity (Wildman–Crippen MR) is 73.1 cm³/mol. The second-order valence-electron chi connectivity index (χ2n) is 4.35. The standard InChI is InChI=1S/C13H24N2O4/c1-4-5-9-19-10-7-14-13(18)15(11(2)3)8-6-12(16)17/h4,11H,1,5-10H2,2-3H3,(H,14,18)(H,16,17). The molecule has 6 nitrogen and oxygen atoms in total. The van der Waals surface area contributed by atoms with Gasteiger partial charge < -0.3 is 20.1 Å². The van der Waals surface area contributed by atoms with Gasteiger partial charge in [0.15, 0.2) is 0 Å². The summed E-state index contributed by atoms with van der Waals surface area (Å²) in [5, 5.41) is 11.3. The van der Waals surface area contributed by atoms with Crippen LogP contribution < -0.4 is 5.32 Å². The Labute approximate surface area is 114 Å². The minimum absolute atomic E-state index is 0.0407. The number of carboxylic acids is 1. The molecule has 0 heterocycles. The fourth-order valence-electron chi connectivity index (χ4n) is 1.41. The van der Waals surface area contributed by atoms with Gasteiger partial charge in [0.05, 0.1) is 19.6 Å². The Morgan fingerprint density at radius 3 is 2.63 bits per heavy atom. The Morgan fingerprint density at radius 2 is 2.11 bits per heavy atom. The van der Waals surface area contributed by atoms with Crippen molar-refractivity contribution < 1.29 is 19.4 Å². The first-order valence-electron chi connectivity index (χ1n) is 6.44. The maximum atomic E-state index is 11.8. The Bertz CT molecular complexity index is 292. The van der Waals surface area contributed by atoms with Crippen LogP contribution in [0, 0.1) is 0 Å². The maximum absolute atomic E-state index is 11.8. The number of aliphatic carboxylic acids is 1. The van der Waals surface area contributed by atoms with E-state index in [2.05, 4.69) is 11.9 Å². The van der Waals surface area contributed by atoms with Crippen molar-refractivity contribution >= 4 is 12.0 Å². The van der Waals surface area contributed by atoms with Crippen LogP contribution in [0.4, 0.5) is 4.79 Å². The summed E-state index contributed by atoms with van der Waals surface area (Å²) in [5.74, 6) is -0.911. The topological polar surface area (TPSA) is 78.9 Å². The van der Waals surface area contributed by atoms with E-state index in [-0.39, 0.29) is 25.0 Å². The molecule has 110 valence electrons. The molecule has 0 aliphatic rings. The van der Waals surface area contributed by atoms with Crippen molar-refractivity contribution in [2.45, 2.75) is 32.7 Å². The highest BCUT2D eigenvalue weighted by Gasteiger charge is 2.17. The van der Waals surface area contributed by atoms with Crippen molar-refractivity contribution in [1.29, 1.82) is 0 Å². The van der Waals surface area contributed by atoms with Crippen molar-refractivity contribution in [3.05, 3.63) is 12.7 Å². The molecule has 0 aromatic rings. The van der Waals surface area contributed by atoms with Crippen LogP contribution in [-0.4, -0.2) is 54.4 Å². The molecule has 0 aliphatic heterocycles. The monoisotopic (exact) mass is 272 g/mol. The Morgan fingerprint density at radius 1 is 1.42 bits per heavy atom. The van der Waals surface area contributed by atoms with Crippen molar-refractivity contribution in [2.75, 3.05) is 26.3 Å². The molecule has 0 rings (SSSR count). The van der Waals surface area contributed by atoms with E-state index in [1.54, 1.807) is 6.08 Å². The van der Waals surface area contributed by atoms with E-state index >= 15 is 0 Å². The Kier molecular flexibility index (Phi) is 9.52. The van der Waals surface area contributed by atoms with E-state index in [1.165, 1.54) is 4.90 Å². The number of carboxylic acid groups (broad SMARTS) is 1. The quantitative estimate of drug-likeness (QED) is 0.466. The number of rotatable bonds is 10. The Balaban J connectivity index is 3.91. The highest BCUT2D eigenvalue weighted by molar-refractivity contribution is 5.75. The number of urea groups is 1. The number of nitrogens with one attached hydrogen (secondary N) is 1. The lowest BCUT2D eigenvalue weighted by atomic mass is 10.3. The molecule has 0 atom stereocenters. The summed E-state index contributed by atoms with van der Waals surface area (Å²) < 4.78 is 5.26.